The molecule has 0 aliphatic carbocycles. The van der Waals surface area contributed by atoms with Crippen molar-refractivity contribution in [3.8, 4) is 11.5 Å². The minimum Gasteiger partial charge on any atom is -0.493 e. The fraction of sp³-hybridized carbons (Fsp3) is 0.393. The first-order valence-corrected chi connectivity index (χ1v) is 15.8. The molecule has 11 heteroatoms. The monoisotopic (exact) mass is 636 g/mol. The van der Waals surface area contributed by atoms with Crippen molar-refractivity contribution in [1.82, 2.24) is 9.21 Å². The molecule has 4 rings (SSSR count). The highest BCUT2D eigenvalue weighted by atomic mass is 79.9. The van der Waals surface area contributed by atoms with Crippen molar-refractivity contribution in [1.29, 1.82) is 0 Å². The summed E-state index contributed by atoms with van der Waals surface area (Å²) in [7, 11) is -0.750. The molecule has 1 unspecified atom stereocenters. The average molecular weight is 638 g/mol. The molecular formula is C28H33BrN2O6S2. The molecule has 1 amide bonds. The summed E-state index contributed by atoms with van der Waals surface area (Å²) in [5, 5.41) is 1.97. The molecule has 8 nitrogen and oxygen atoms in total. The first-order valence-electron chi connectivity index (χ1n) is 12.7. The Labute approximate surface area is 242 Å². The van der Waals surface area contributed by atoms with Crippen LogP contribution in [0.4, 0.5) is 0 Å². The molecule has 1 fully saturated rings. The number of thiophene rings is 1. The fourth-order valence-electron chi connectivity index (χ4n) is 4.45. The normalized spacial score (nSPS) is 15.4. The lowest BCUT2D eigenvalue weighted by Gasteiger charge is -2.28. The third kappa shape index (κ3) is 7.82. The number of halogens is 1. The van der Waals surface area contributed by atoms with Crippen molar-refractivity contribution in [2.75, 3.05) is 40.5 Å². The van der Waals surface area contributed by atoms with Gasteiger partial charge in [-0.25, -0.2) is 8.42 Å². The number of benzene rings is 2. The zero-order chi connectivity index (χ0) is 27.8. The van der Waals surface area contributed by atoms with Crippen LogP contribution in [0.3, 0.4) is 0 Å². The van der Waals surface area contributed by atoms with Crippen molar-refractivity contribution in [2.24, 2.45) is 0 Å². The summed E-state index contributed by atoms with van der Waals surface area (Å²) in [5.74, 6) is 0.993. The molecule has 2 aromatic carbocycles. The van der Waals surface area contributed by atoms with Gasteiger partial charge in [-0.3, -0.25) is 4.79 Å². The highest BCUT2D eigenvalue weighted by Crippen LogP contribution is 2.28. The zero-order valence-corrected chi connectivity index (χ0v) is 25.3. The highest BCUT2D eigenvalue weighted by molar-refractivity contribution is 9.10. The van der Waals surface area contributed by atoms with E-state index in [4.69, 9.17) is 14.2 Å². The predicted molar refractivity (Wildman–Crippen MR) is 155 cm³/mol. The Balaban J connectivity index is 1.55. The van der Waals surface area contributed by atoms with Gasteiger partial charge in [-0.2, -0.15) is 4.31 Å². The second-order valence-corrected chi connectivity index (χ2v) is 13.1. The van der Waals surface area contributed by atoms with Gasteiger partial charge in [0.25, 0.3) is 0 Å². The molecule has 0 radical (unpaired) electrons. The number of ether oxygens (including phenoxy) is 3. The molecule has 210 valence electrons. The van der Waals surface area contributed by atoms with Gasteiger partial charge >= 0.3 is 0 Å². The van der Waals surface area contributed by atoms with Crippen molar-refractivity contribution in [3.63, 3.8) is 0 Å². The molecule has 3 aromatic rings. The smallest absolute Gasteiger partial charge is 0.243 e. The van der Waals surface area contributed by atoms with E-state index in [2.05, 4.69) is 15.9 Å². The van der Waals surface area contributed by atoms with Crippen molar-refractivity contribution >= 4 is 43.2 Å². The Bertz CT molecular complexity index is 1330. The van der Waals surface area contributed by atoms with Gasteiger partial charge in [-0.15, -0.1) is 11.3 Å². The maximum Gasteiger partial charge on any atom is 0.243 e. The van der Waals surface area contributed by atoms with E-state index in [9.17, 15) is 13.2 Å². The molecule has 0 spiro atoms. The predicted octanol–water partition coefficient (Wildman–Crippen LogP) is 4.97. The number of carbonyl (C=O) groups excluding carboxylic acids is 1. The number of hydrogen-bond donors (Lipinski definition) is 0. The summed E-state index contributed by atoms with van der Waals surface area (Å²) < 4.78 is 45.9. The third-order valence-corrected chi connectivity index (χ3v) is 9.81. The second-order valence-electron chi connectivity index (χ2n) is 9.22. The quantitative estimate of drug-likeness (QED) is 0.263. The van der Waals surface area contributed by atoms with Crippen LogP contribution < -0.4 is 9.47 Å². The lowest BCUT2D eigenvalue weighted by molar-refractivity contribution is -0.132. The topological polar surface area (TPSA) is 85.4 Å². The van der Waals surface area contributed by atoms with Crippen LogP contribution >= 0.6 is 27.3 Å². The van der Waals surface area contributed by atoms with Gasteiger partial charge in [0.2, 0.25) is 15.9 Å². The van der Waals surface area contributed by atoms with E-state index < -0.39 is 10.0 Å². The van der Waals surface area contributed by atoms with Crippen LogP contribution in [-0.2, 0) is 32.5 Å². The van der Waals surface area contributed by atoms with E-state index in [1.807, 2.05) is 35.7 Å². The van der Waals surface area contributed by atoms with E-state index in [1.54, 1.807) is 54.7 Å². The number of methoxy groups -OCH3 is 2. The van der Waals surface area contributed by atoms with Gasteiger partial charge < -0.3 is 19.1 Å². The standard InChI is InChI=1S/C28H33BrN2O6S2/c1-35-26-12-7-21(17-27(26)36-2)13-14-30(19-24-6-4-16-38-24)28(32)20-31(18-23-5-3-15-37-23)39(33,34)25-10-8-22(29)9-11-25/h4,6-12,16-17,23H,3,5,13-15,18-20H2,1-2H3. The first kappa shape index (κ1) is 29.5. The number of hydrogen-bond acceptors (Lipinski definition) is 7. The Morgan fingerprint density at radius 1 is 1.10 bits per heavy atom. The largest absolute Gasteiger partial charge is 0.493 e. The van der Waals surface area contributed by atoms with Crippen molar-refractivity contribution < 1.29 is 27.4 Å². The SMILES string of the molecule is COc1ccc(CCN(Cc2cccs2)C(=O)CN(CC2CCCO2)S(=O)(=O)c2ccc(Br)cc2)cc1OC. The number of sulfonamides is 1. The molecule has 39 heavy (non-hydrogen) atoms. The Morgan fingerprint density at radius 3 is 2.51 bits per heavy atom. The van der Waals surface area contributed by atoms with Gasteiger partial charge in [0.1, 0.15) is 0 Å². The van der Waals surface area contributed by atoms with Gasteiger partial charge in [0.05, 0.1) is 38.3 Å². The molecule has 0 bridgehead atoms. The first-order chi connectivity index (χ1) is 18.8. The Kier molecular flexibility index (Phi) is 10.4. The van der Waals surface area contributed by atoms with Crippen LogP contribution in [0.2, 0.25) is 0 Å². The summed E-state index contributed by atoms with van der Waals surface area (Å²) in [6.45, 7) is 1.27. The lowest BCUT2D eigenvalue weighted by atomic mass is 10.1. The zero-order valence-electron chi connectivity index (χ0n) is 22.0. The van der Waals surface area contributed by atoms with Gasteiger partial charge in [-0.1, -0.05) is 28.1 Å². The van der Waals surface area contributed by atoms with E-state index in [1.165, 1.54) is 4.31 Å². The van der Waals surface area contributed by atoms with Gasteiger partial charge in [-0.05, 0) is 72.7 Å². The molecule has 0 saturated carbocycles. The summed E-state index contributed by atoms with van der Waals surface area (Å²) in [5.41, 5.74) is 0.982. The van der Waals surface area contributed by atoms with Crippen LogP contribution in [0.15, 0.2) is 69.3 Å². The van der Waals surface area contributed by atoms with Crippen molar-refractivity contribution in [3.05, 3.63) is 74.9 Å². The molecular weight excluding hydrogens is 604 g/mol. The molecule has 2 heterocycles. The number of amides is 1. The molecule has 1 aliphatic heterocycles. The van der Waals surface area contributed by atoms with E-state index in [0.29, 0.717) is 37.6 Å². The molecule has 1 saturated heterocycles. The van der Waals surface area contributed by atoms with Crippen LogP contribution in [0, 0.1) is 0 Å². The van der Waals surface area contributed by atoms with Crippen LogP contribution in [0.1, 0.15) is 23.3 Å². The van der Waals surface area contributed by atoms with E-state index in [-0.39, 0.29) is 30.0 Å². The maximum atomic E-state index is 13.8. The summed E-state index contributed by atoms with van der Waals surface area (Å²) in [6.07, 6.45) is 1.97. The molecule has 1 aromatic heterocycles. The third-order valence-electron chi connectivity index (χ3n) is 6.59. The fourth-order valence-corrected chi connectivity index (χ4v) is 6.86. The molecule has 0 N–H and O–H groups in total. The van der Waals surface area contributed by atoms with E-state index in [0.717, 1.165) is 27.8 Å². The highest BCUT2D eigenvalue weighted by Gasteiger charge is 2.32. The summed E-state index contributed by atoms with van der Waals surface area (Å²) in [4.78, 5) is 16.7. The van der Waals surface area contributed by atoms with Crippen LogP contribution in [-0.4, -0.2) is 70.1 Å². The second kappa shape index (κ2) is 13.8. The maximum absolute atomic E-state index is 13.8. The molecule has 1 aliphatic rings. The number of rotatable bonds is 13. The van der Waals surface area contributed by atoms with Crippen molar-refractivity contribution in [2.45, 2.75) is 36.8 Å². The number of nitrogens with zero attached hydrogens (tertiary/aromatic N) is 2. The lowest BCUT2D eigenvalue weighted by Crippen LogP contribution is -2.45. The van der Waals surface area contributed by atoms with Gasteiger partial charge in [0, 0.05) is 29.0 Å². The van der Waals surface area contributed by atoms with E-state index >= 15 is 0 Å². The number of carbonyl (C=O) groups is 1. The van der Waals surface area contributed by atoms with Crippen LogP contribution in [0.5, 0.6) is 11.5 Å². The summed E-state index contributed by atoms with van der Waals surface area (Å²) >= 11 is 4.92. The average Bonchev–Trinajstić information content (AvgIpc) is 3.65. The van der Waals surface area contributed by atoms with Gasteiger partial charge in [0.15, 0.2) is 11.5 Å². The Hall–Kier alpha value is -2.44. The van der Waals surface area contributed by atoms with Crippen LogP contribution in [0.25, 0.3) is 0 Å². The molecule has 1 atom stereocenters. The Morgan fingerprint density at radius 2 is 1.87 bits per heavy atom. The minimum atomic E-state index is -3.92. The summed E-state index contributed by atoms with van der Waals surface area (Å²) in [6, 6.07) is 16.1. The minimum absolute atomic E-state index is 0.132.